The number of para-hydroxylation sites is 2. The lowest BCUT2D eigenvalue weighted by Gasteiger charge is -2.24. The number of likely N-dealkylation sites (tertiary alicyclic amines) is 2. The molecule has 4 aromatic carbocycles. The van der Waals surface area contributed by atoms with Crippen molar-refractivity contribution in [2.45, 2.75) is 60.4 Å². The fourth-order valence-electron chi connectivity index (χ4n) is 10.7. The van der Waals surface area contributed by atoms with E-state index < -0.39 is 0 Å². The molecule has 4 heterocycles. The van der Waals surface area contributed by atoms with Crippen LogP contribution < -0.4 is 9.80 Å². The molecule has 4 aromatic rings. The van der Waals surface area contributed by atoms with Crippen LogP contribution in [0.5, 0.6) is 0 Å². The summed E-state index contributed by atoms with van der Waals surface area (Å²) >= 11 is 12.1. The largest absolute Gasteiger partial charge is 0.310 e. The van der Waals surface area contributed by atoms with E-state index in [1.807, 2.05) is 34.1 Å². The highest BCUT2D eigenvalue weighted by atomic mass is 35.5. The molecule has 2 saturated heterocycles. The number of benzene rings is 4. The summed E-state index contributed by atoms with van der Waals surface area (Å²) < 4.78 is 0. The molecule has 0 aromatic heterocycles. The van der Waals surface area contributed by atoms with Crippen molar-refractivity contribution in [2.24, 2.45) is 0 Å². The van der Waals surface area contributed by atoms with Crippen LogP contribution in [0.25, 0.3) is 0 Å². The topological polar surface area (TPSA) is 53.6 Å². The molecule has 2 spiro atoms. The number of rotatable bonds is 10. The maximum atomic E-state index is 13.6. The molecular formula is C48H56Cl2N6O2. The van der Waals surface area contributed by atoms with Crippen LogP contribution in [0.4, 0.5) is 11.4 Å². The number of likely N-dealkylation sites (N-methyl/N-ethyl adjacent to an activating group) is 2. The Morgan fingerprint density at radius 3 is 1.29 bits per heavy atom. The fourth-order valence-corrected chi connectivity index (χ4v) is 10.9. The van der Waals surface area contributed by atoms with E-state index in [1.165, 1.54) is 35.1 Å². The number of carbonyl (C=O) groups is 2. The van der Waals surface area contributed by atoms with Crippen LogP contribution in [0.1, 0.15) is 59.8 Å². The monoisotopic (exact) mass is 818 g/mol. The van der Waals surface area contributed by atoms with Gasteiger partial charge in [0, 0.05) is 84.6 Å². The molecule has 4 aliphatic heterocycles. The van der Waals surface area contributed by atoms with Crippen molar-refractivity contribution in [3.8, 4) is 0 Å². The van der Waals surface area contributed by atoms with Crippen LogP contribution >= 0.6 is 23.2 Å². The maximum absolute atomic E-state index is 13.6. The van der Waals surface area contributed by atoms with E-state index in [-0.39, 0.29) is 34.5 Å². The molecule has 304 valence electrons. The van der Waals surface area contributed by atoms with Gasteiger partial charge in [-0.15, -0.1) is 0 Å². The Morgan fingerprint density at radius 1 is 0.552 bits per heavy atom. The SMILES string of the molecule is CN(C)[C@H]1CCN(CCN2C(=O)[C@@]3(C[C@H]3c3ccc(Cl)cc3)c3ccccc32)C1.CN(C)[C@H]1CCN(CCN2C(=O)[C@]3(C[C@@H]3c3ccc(Cl)cc3)c3ccccc32)C1. The molecule has 58 heavy (non-hydrogen) atoms. The molecule has 0 N–H and O–H groups in total. The lowest BCUT2D eigenvalue weighted by Crippen LogP contribution is -2.40. The number of carbonyl (C=O) groups excluding carboxylic acids is 2. The van der Waals surface area contributed by atoms with E-state index in [2.05, 4.69) is 121 Å². The lowest BCUT2D eigenvalue weighted by molar-refractivity contribution is -0.121. The summed E-state index contributed by atoms with van der Waals surface area (Å²) in [6.07, 6.45) is 4.21. The average molecular weight is 820 g/mol. The van der Waals surface area contributed by atoms with Gasteiger partial charge in [0.15, 0.2) is 0 Å². The summed E-state index contributed by atoms with van der Waals surface area (Å²) in [6, 6.07) is 34.1. The summed E-state index contributed by atoms with van der Waals surface area (Å²) in [7, 11) is 8.62. The highest BCUT2D eigenvalue weighted by Gasteiger charge is 2.68. The zero-order valence-corrected chi connectivity index (χ0v) is 35.8. The molecule has 6 aliphatic rings. The first-order valence-electron chi connectivity index (χ1n) is 21.1. The van der Waals surface area contributed by atoms with Crippen LogP contribution in [-0.4, -0.2) is 124 Å². The van der Waals surface area contributed by atoms with Gasteiger partial charge >= 0.3 is 0 Å². The molecule has 0 radical (unpaired) electrons. The number of fused-ring (bicyclic) bond motifs is 4. The van der Waals surface area contributed by atoms with Crippen molar-refractivity contribution in [1.82, 2.24) is 19.6 Å². The van der Waals surface area contributed by atoms with Gasteiger partial charge in [-0.1, -0.05) is 83.9 Å². The van der Waals surface area contributed by atoms with Gasteiger partial charge in [-0.25, -0.2) is 0 Å². The Balaban J connectivity index is 0.000000150. The third-order valence-electron chi connectivity index (χ3n) is 14.3. The Labute approximate surface area is 354 Å². The zero-order valence-electron chi connectivity index (χ0n) is 34.3. The predicted molar refractivity (Wildman–Crippen MR) is 236 cm³/mol. The summed E-state index contributed by atoms with van der Waals surface area (Å²) in [5.41, 5.74) is 6.31. The summed E-state index contributed by atoms with van der Waals surface area (Å²) in [5.74, 6) is 1.07. The van der Waals surface area contributed by atoms with Gasteiger partial charge in [0.25, 0.3) is 0 Å². The maximum Gasteiger partial charge on any atom is 0.238 e. The Hall–Kier alpha value is -3.76. The second-order valence-electron chi connectivity index (χ2n) is 17.9. The number of nitrogens with zero attached hydrogens (tertiary/aromatic N) is 6. The van der Waals surface area contributed by atoms with E-state index in [4.69, 9.17) is 23.2 Å². The Morgan fingerprint density at radius 2 is 0.931 bits per heavy atom. The van der Waals surface area contributed by atoms with Crippen LogP contribution in [0, 0.1) is 0 Å². The number of hydrogen-bond acceptors (Lipinski definition) is 6. The van der Waals surface area contributed by atoms with Crippen LogP contribution in [-0.2, 0) is 20.4 Å². The minimum Gasteiger partial charge on any atom is -0.310 e. The molecule has 0 bridgehead atoms. The molecule has 4 fully saturated rings. The first-order chi connectivity index (χ1) is 28.0. The second-order valence-corrected chi connectivity index (χ2v) is 18.8. The van der Waals surface area contributed by atoms with Gasteiger partial charge in [0.1, 0.15) is 0 Å². The van der Waals surface area contributed by atoms with Crippen molar-refractivity contribution < 1.29 is 9.59 Å². The molecule has 10 rings (SSSR count). The Kier molecular flexibility index (Phi) is 10.7. The first-order valence-corrected chi connectivity index (χ1v) is 21.9. The van der Waals surface area contributed by atoms with Gasteiger partial charge in [-0.3, -0.25) is 19.4 Å². The van der Waals surface area contributed by atoms with E-state index in [1.54, 1.807) is 0 Å². The van der Waals surface area contributed by atoms with Gasteiger partial charge in [-0.2, -0.15) is 0 Å². The fraction of sp³-hybridized carbons (Fsp3) is 0.458. The van der Waals surface area contributed by atoms with Gasteiger partial charge in [-0.05, 0) is 126 Å². The third-order valence-corrected chi connectivity index (χ3v) is 14.8. The first kappa shape index (κ1) is 39.7. The van der Waals surface area contributed by atoms with Crippen molar-refractivity contribution in [1.29, 1.82) is 0 Å². The number of anilines is 2. The molecule has 8 nitrogen and oxygen atoms in total. The lowest BCUT2D eigenvalue weighted by atomic mass is 9.92. The van der Waals surface area contributed by atoms with E-state index in [0.717, 1.165) is 86.6 Å². The molecular weight excluding hydrogens is 763 g/mol. The van der Waals surface area contributed by atoms with E-state index in [9.17, 15) is 9.59 Å². The minimum absolute atomic E-state index is 0.253. The Bertz CT molecular complexity index is 2010. The van der Waals surface area contributed by atoms with Crippen molar-refractivity contribution in [3.05, 3.63) is 129 Å². The quantitative estimate of drug-likeness (QED) is 0.165. The number of amides is 2. The summed E-state index contributed by atoms with van der Waals surface area (Å²) in [5, 5.41) is 1.48. The zero-order chi connectivity index (χ0) is 40.3. The molecule has 0 unspecified atom stereocenters. The van der Waals surface area contributed by atoms with Gasteiger partial charge in [0.05, 0.1) is 10.8 Å². The molecule has 6 atom stereocenters. The molecule has 2 aliphatic carbocycles. The van der Waals surface area contributed by atoms with Gasteiger partial charge in [0.2, 0.25) is 11.8 Å². The average Bonchev–Trinajstić information content (AvgIpc) is 3.92. The number of halogens is 2. The van der Waals surface area contributed by atoms with Crippen molar-refractivity contribution in [2.75, 3.05) is 90.3 Å². The van der Waals surface area contributed by atoms with E-state index in [0.29, 0.717) is 12.1 Å². The van der Waals surface area contributed by atoms with Crippen LogP contribution in [0.2, 0.25) is 10.0 Å². The predicted octanol–water partition coefficient (Wildman–Crippen LogP) is 7.50. The van der Waals surface area contributed by atoms with Gasteiger partial charge < -0.3 is 19.6 Å². The molecule has 10 heteroatoms. The van der Waals surface area contributed by atoms with Crippen molar-refractivity contribution >= 4 is 46.4 Å². The van der Waals surface area contributed by atoms with E-state index >= 15 is 0 Å². The van der Waals surface area contributed by atoms with Crippen molar-refractivity contribution in [3.63, 3.8) is 0 Å². The highest BCUT2D eigenvalue weighted by molar-refractivity contribution is 6.30. The minimum atomic E-state index is -0.373. The third kappa shape index (κ3) is 6.97. The highest BCUT2D eigenvalue weighted by Crippen LogP contribution is 2.67. The number of hydrogen-bond donors (Lipinski definition) is 0. The van der Waals surface area contributed by atoms with Crippen LogP contribution in [0.15, 0.2) is 97.1 Å². The normalized spacial score (nSPS) is 28.6. The second kappa shape index (κ2) is 15.7. The van der Waals surface area contributed by atoms with Crippen LogP contribution in [0.3, 0.4) is 0 Å². The summed E-state index contributed by atoms with van der Waals surface area (Å²) in [6.45, 7) is 7.83. The standard InChI is InChI=1S/2C24H28ClN3O/c2*1-26(2)19-11-12-27(16-19)13-14-28-22-6-4-3-5-20(22)24(23(28)29)15-21(24)17-7-9-18(25)10-8-17/h2*3-10,19,21H,11-16H2,1-2H3/t19-,21+,24+;19-,21-,24-/m00/s1. The smallest absolute Gasteiger partial charge is 0.238 e. The summed E-state index contributed by atoms with van der Waals surface area (Å²) in [4.78, 5) is 41.0. The molecule has 2 saturated carbocycles. The molecule has 2 amide bonds.